The van der Waals surface area contributed by atoms with Crippen LogP contribution in [0.15, 0.2) is 292 Å². The molecule has 0 saturated heterocycles. The summed E-state index contributed by atoms with van der Waals surface area (Å²) in [5.74, 6) is 0.598. The van der Waals surface area contributed by atoms with Crippen molar-refractivity contribution in [3.63, 3.8) is 0 Å². The minimum absolute atomic E-state index is 0.130. The molecule has 0 amide bonds. The van der Waals surface area contributed by atoms with Crippen molar-refractivity contribution in [1.82, 2.24) is 24.5 Å². The molecule has 0 bridgehead atoms. The molecule has 434 valence electrons. The molecule has 12 aromatic carbocycles. The van der Waals surface area contributed by atoms with Crippen molar-refractivity contribution in [2.45, 2.75) is 38.5 Å². The van der Waals surface area contributed by atoms with Crippen LogP contribution in [0.3, 0.4) is 0 Å². The third kappa shape index (κ3) is 8.26. The molecule has 6 heteroatoms. The number of fused-ring (bicyclic) bond motifs is 16. The number of anilines is 3. The fraction of sp³-hybridized carbons (Fsp3) is 0.0698. The highest BCUT2D eigenvalue weighted by molar-refractivity contribution is 6.27. The lowest BCUT2D eigenvalue weighted by Gasteiger charge is -2.27. The molecule has 0 fully saturated rings. The molecule has 4 aromatic heterocycles. The van der Waals surface area contributed by atoms with Gasteiger partial charge in [-0.15, -0.1) is 0 Å². The summed E-state index contributed by atoms with van der Waals surface area (Å²) in [4.78, 5) is 22.4. The van der Waals surface area contributed by atoms with Gasteiger partial charge in [0.15, 0.2) is 5.82 Å². The van der Waals surface area contributed by atoms with Crippen molar-refractivity contribution in [3.05, 3.63) is 314 Å². The first kappa shape index (κ1) is 53.4. The van der Waals surface area contributed by atoms with Gasteiger partial charge < -0.3 is 9.47 Å². The van der Waals surface area contributed by atoms with Crippen molar-refractivity contribution in [2.75, 3.05) is 4.90 Å². The van der Waals surface area contributed by atoms with Crippen molar-refractivity contribution >= 4 is 71.2 Å². The second kappa shape index (κ2) is 20.5. The highest BCUT2D eigenvalue weighted by Gasteiger charge is 2.40. The van der Waals surface area contributed by atoms with Gasteiger partial charge in [0, 0.05) is 79.6 Å². The Morgan fingerprint density at radius 1 is 0.315 bits per heavy atom. The number of hydrogen-bond acceptors (Lipinski definition) is 5. The summed E-state index contributed by atoms with van der Waals surface area (Å²) < 4.78 is 2.54. The van der Waals surface area contributed by atoms with E-state index >= 15 is 0 Å². The van der Waals surface area contributed by atoms with E-state index in [9.17, 15) is 0 Å². The highest BCUT2D eigenvalue weighted by Crippen LogP contribution is 2.56. The van der Waals surface area contributed by atoms with E-state index in [1.54, 1.807) is 12.4 Å². The molecule has 92 heavy (non-hydrogen) atoms. The molecule has 0 radical (unpaired) electrons. The van der Waals surface area contributed by atoms with Crippen LogP contribution in [-0.4, -0.2) is 24.5 Å². The van der Waals surface area contributed by atoms with E-state index in [4.69, 9.17) is 15.0 Å². The van der Waals surface area contributed by atoms with Crippen LogP contribution >= 0.6 is 0 Å². The van der Waals surface area contributed by atoms with Crippen molar-refractivity contribution < 1.29 is 0 Å². The number of nitrogens with zero attached hydrogens (tertiary/aromatic N) is 6. The second-order valence-corrected chi connectivity index (χ2v) is 25.8. The number of pyridine rings is 2. The van der Waals surface area contributed by atoms with Crippen molar-refractivity contribution in [1.29, 1.82) is 0 Å². The van der Waals surface area contributed by atoms with E-state index in [-0.39, 0.29) is 10.8 Å². The van der Waals surface area contributed by atoms with Gasteiger partial charge in [0.05, 0.1) is 28.1 Å². The van der Waals surface area contributed by atoms with Gasteiger partial charge in [-0.1, -0.05) is 204 Å². The largest absolute Gasteiger partial charge is 0.310 e. The number of rotatable bonds is 9. The summed E-state index contributed by atoms with van der Waals surface area (Å²) in [6.07, 6.45) is 5.47. The van der Waals surface area contributed by atoms with Crippen LogP contribution in [0.4, 0.5) is 17.1 Å². The van der Waals surface area contributed by atoms with Crippen LogP contribution < -0.4 is 4.90 Å². The highest BCUT2D eigenvalue weighted by atomic mass is 15.1. The molecule has 0 aliphatic heterocycles. The molecule has 18 rings (SSSR count). The molecule has 0 N–H and O–H groups in total. The smallest absolute Gasteiger partial charge is 0.160 e. The molecular formula is C86H60N6. The SMILES string of the molecule is CC1(C)c2ccccc2-c2cc(N(c3ccc(-c4ccccc4)cc3)c3ccc4c(c3)c3ccc5c(c3n4-c3cccc(-c4cc(-c6cc(-c7ccccc7)ccn6)nc(-c6ccncc6)n4)c3)-c3cc4c6ccccc6c6ccccc6c4cc3C5(C)C)ccc21. The lowest BCUT2D eigenvalue weighted by atomic mass is 9.81. The monoisotopic (exact) mass is 1180 g/mol. The third-order valence-corrected chi connectivity index (χ3v) is 19.9. The molecule has 2 aliphatic rings. The molecular weight excluding hydrogens is 1120 g/mol. The van der Waals surface area contributed by atoms with Crippen LogP contribution in [0.25, 0.3) is 138 Å². The topological polar surface area (TPSA) is 59.7 Å². The van der Waals surface area contributed by atoms with E-state index in [2.05, 4.69) is 297 Å². The maximum atomic E-state index is 5.38. The predicted molar refractivity (Wildman–Crippen MR) is 381 cm³/mol. The zero-order valence-electron chi connectivity index (χ0n) is 51.4. The first-order valence-corrected chi connectivity index (χ1v) is 31.7. The minimum Gasteiger partial charge on any atom is -0.310 e. The van der Waals surface area contributed by atoms with Gasteiger partial charge in [-0.25, -0.2) is 9.97 Å². The Hall–Kier alpha value is -11.6. The lowest BCUT2D eigenvalue weighted by molar-refractivity contribution is 0.660. The standard InChI is InChI=1S/C86H60N6/c1-85(2)74-29-16-15-28-67(74)71-48-61(34-37-75(71)85)91(59-32-30-55(31-33-59)53-18-7-5-8-19-53)62-35-39-81-72(49-62)68-36-38-76-82(73-50-69-65-26-13-11-24-63(65)64-25-12-14-27-66(64)70(69)51-77(73)86(76,3)4)83(68)92(81)60-23-17-22-58(46-60)78-52-80(90-84(89-78)56-40-43-87-44-41-56)79-47-57(42-45-88-79)54-20-9-6-10-21-54/h5-52H,1-4H3. The van der Waals surface area contributed by atoms with E-state index in [0.29, 0.717) is 5.82 Å². The van der Waals surface area contributed by atoms with Gasteiger partial charge in [-0.05, 0) is 191 Å². The fourth-order valence-corrected chi connectivity index (χ4v) is 15.4. The Morgan fingerprint density at radius 3 is 1.64 bits per heavy atom. The molecule has 0 spiro atoms. The molecule has 0 atom stereocenters. The number of aromatic nitrogens is 5. The lowest BCUT2D eigenvalue weighted by Crippen LogP contribution is -2.15. The maximum Gasteiger partial charge on any atom is 0.160 e. The van der Waals surface area contributed by atoms with Gasteiger partial charge in [0.1, 0.15) is 0 Å². The van der Waals surface area contributed by atoms with E-state index in [1.807, 2.05) is 24.4 Å². The van der Waals surface area contributed by atoms with Gasteiger partial charge in [0.2, 0.25) is 0 Å². The number of hydrogen-bond donors (Lipinski definition) is 0. The van der Waals surface area contributed by atoms with Gasteiger partial charge in [-0.2, -0.15) is 0 Å². The number of benzene rings is 12. The Balaban J connectivity index is 0.885. The van der Waals surface area contributed by atoms with Crippen LogP contribution in [0.5, 0.6) is 0 Å². The van der Waals surface area contributed by atoms with E-state index < -0.39 is 0 Å². The van der Waals surface area contributed by atoms with Crippen LogP contribution in [0, 0.1) is 0 Å². The predicted octanol–water partition coefficient (Wildman–Crippen LogP) is 22.2. The summed E-state index contributed by atoms with van der Waals surface area (Å²) in [6.45, 7) is 9.54. The van der Waals surface area contributed by atoms with Crippen LogP contribution in [0.1, 0.15) is 49.9 Å². The van der Waals surface area contributed by atoms with E-state index in [1.165, 1.54) is 98.9 Å². The summed E-state index contributed by atoms with van der Waals surface area (Å²) in [5, 5.41) is 9.94. The molecule has 4 heterocycles. The zero-order valence-corrected chi connectivity index (χ0v) is 51.4. The summed E-state index contributed by atoms with van der Waals surface area (Å²) >= 11 is 0. The fourth-order valence-electron chi connectivity index (χ4n) is 15.4. The Kier molecular flexibility index (Phi) is 11.9. The normalized spacial score (nSPS) is 13.4. The molecule has 0 saturated carbocycles. The summed E-state index contributed by atoms with van der Waals surface area (Å²) in [7, 11) is 0. The summed E-state index contributed by atoms with van der Waals surface area (Å²) in [5.41, 5.74) is 25.1. The maximum absolute atomic E-state index is 5.38. The van der Waals surface area contributed by atoms with Gasteiger partial charge in [-0.3, -0.25) is 9.97 Å². The zero-order chi connectivity index (χ0) is 61.4. The van der Waals surface area contributed by atoms with Crippen LogP contribution in [0.2, 0.25) is 0 Å². The average molecular weight is 1180 g/mol. The molecule has 6 nitrogen and oxygen atoms in total. The third-order valence-electron chi connectivity index (χ3n) is 19.9. The Morgan fingerprint density at radius 2 is 0.891 bits per heavy atom. The van der Waals surface area contributed by atoms with Gasteiger partial charge >= 0.3 is 0 Å². The first-order valence-electron chi connectivity index (χ1n) is 31.7. The Bertz CT molecular complexity index is 5690. The van der Waals surface area contributed by atoms with Gasteiger partial charge in [0.25, 0.3) is 0 Å². The average Bonchev–Trinajstić information content (AvgIpc) is 1.52. The van der Waals surface area contributed by atoms with Crippen molar-refractivity contribution in [3.8, 4) is 84.2 Å². The van der Waals surface area contributed by atoms with E-state index in [0.717, 1.165) is 73.0 Å². The second-order valence-electron chi connectivity index (χ2n) is 25.8. The molecule has 16 aromatic rings. The molecule has 2 aliphatic carbocycles. The molecule has 0 unspecified atom stereocenters. The van der Waals surface area contributed by atoms with Crippen molar-refractivity contribution in [2.24, 2.45) is 0 Å². The Labute approximate surface area is 534 Å². The van der Waals surface area contributed by atoms with Crippen LogP contribution in [-0.2, 0) is 10.8 Å². The minimum atomic E-state index is -0.329. The quantitative estimate of drug-likeness (QED) is 0.135. The summed E-state index contributed by atoms with van der Waals surface area (Å²) in [6, 6.07) is 100. The first-order chi connectivity index (χ1) is 45.1.